The van der Waals surface area contributed by atoms with Gasteiger partial charge >= 0.3 is 5.97 Å². The van der Waals surface area contributed by atoms with Crippen molar-refractivity contribution in [2.75, 3.05) is 0 Å². The number of aromatic carboxylic acids is 1. The van der Waals surface area contributed by atoms with E-state index in [0.717, 1.165) is 5.75 Å². The number of nitrogens with zero attached hydrogens (tertiary/aromatic N) is 2. The molecule has 9 heteroatoms. The van der Waals surface area contributed by atoms with Crippen molar-refractivity contribution in [2.24, 2.45) is 23.5 Å². The minimum Gasteiger partial charge on any atom is -0.506 e. The molecule has 0 atom stereocenters. The van der Waals surface area contributed by atoms with Crippen LogP contribution in [0.25, 0.3) is 10.9 Å². The first-order valence-corrected chi connectivity index (χ1v) is 10.7. The van der Waals surface area contributed by atoms with Crippen LogP contribution in [0.3, 0.4) is 0 Å². The monoisotopic (exact) mass is 476 g/mol. The largest absolute Gasteiger partial charge is 0.506 e. The van der Waals surface area contributed by atoms with Crippen LogP contribution < -0.4 is 11.5 Å². The fraction of sp³-hybridized carbons (Fsp3) is 0.200. The van der Waals surface area contributed by atoms with Gasteiger partial charge in [-0.3, -0.25) is 0 Å². The van der Waals surface area contributed by atoms with Gasteiger partial charge in [-0.2, -0.15) is 11.8 Å². The molecular formula is C20H21BrN4O3S. The molecule has 3 aromatic rings. The summed E-state index contributed by atoms with van der Waals surface area (Å²) in [5, 5.41) is 20.9. The highest BCUT2D eigenvalue weighted by Gasteiger charge is 2.25. The van der Waals surface area contributed by atoms with Crippen molar-refractivity contribution in [1.82, 2.24) is 4.57 Å². The van der Waals surface area contributed by atoms with Gasteiger partial charge in [0, 0.05) is 35.2 Å². The minimum atomic E-state index is -1.06. The lowest BCUT2D eigenvalue weighted by molar-refractivity contribution is 0.0698. The molecule has 152 valence electrons. The minimum absolute atomic E-state index is 0.0228. The lowest BCUT2D eigenvalue weighted by Gasteiger charge is -2.08. The number of guanidine groups is 1. The van der Waals surface area contributed by atoms with Crippen LogP contribution in [0.5, 0.6) is 5.75 Å². The van der Waals surface area contributed by atoms with Crippen LogP contribution in [0, 0.1) is 0 Å². The Hall–Kier alpha value is -2.65. The van der Waals surface area contributed by atoms with E-state index in [2.05, 4.69) is 20.9 Å². The zero-order chi connectivity index (χ0) is 21.1. The number of hydrogen-bond acceptors (Lipinski definition) is 4. The van der Waals surface area contributed by atoms with E-state index in [1.807, 2.05) is 41.9 Å². The summed E-state index contributed by atoms with van der Waals surface area (Å²) in [6, 6.07) is 11.7. The SMILES string of the molecule is Cn1c(CSCc2ccccc2)c(C(=O)O)c2c(CN=C(N)N)c(O)c(Br)cc21. The highest BCUT2D eigenvalue weighted by Crippen LogP contribution is 2.40. The average molecular weight is 477 g/mol. The van der Waals surface area contributed by atoms with Crippen molar-refractivity contribution in [2.45, 2.75) is 18.1 Å². The summed E-state index contributed by atoms with van der Waals surface area (Å²) in [6.07, 6.45) is 0. The van der Waals surface area contributed by atoms with Crippen LogP contribution in [-0.2, 0) is 25.1 Å². The van der Waals surface area contributed by atoms with E-state index >= 15 is 0 Å². The molecule has 0 amide bonds. The molecule has 0 bridgehead atoms. The summed E-state index contributed by atoms with van der Waals surface area (Å²) in [7, 11) is 1.82. The number of fused-ring (bicyclic) bond motifs is 1. The number of carbonyl (C=O) groups is 1. The Morgan fingerprint density at radius 2 is 1.93 bits per heavy atom. The number of aryl methyl sites for hydroxylation is 1. The van der Waals surface area contributed by atoms with Gasteiger partial charge in [-0.15, -0.1) is 0 Å². The molecule has 0 aliphatic carbocycles. The molecule has 1 heterocycles. The highest BCUT2D eigenvalue weighted by atomic mass is 79.9. The second-order valence-corrected chi connectivity index (χ2v) is 8.32. The van der Waals surface area contributed by atoms with Gasteiger partial charge in [-0.1, -0.05) is 30.3 Å². The Labute approximate surface area is 180 Å². The molecule has 0 unspecified atom stereocenters. The fourth-order valence-corrected chi connectivity index (χ4v) is 4.76. The van der Waals surface area contributed by atoms with Gasteiger partial charge in [0.15, 0.2) is 5.96 Å². The number of thioether (sulfide) groups is 1. The third-order valence-corrected chi connectivity index (χ3v) is 6.24. The van der Waals surface area contributed by atoms with Gasteiger partial charge in [-0.05, 0) is 27.6 Å². The van der Waals surface area contributed by atoms with Crippen molar-refractivity contribution in [3.05, 3.63) is 63.3 Å². The lowest BCUT2D eigenvalue weighted by Crippen LogP contribution is -2.22. The van der Waals surface area contributed by atoms with Gasteiger partial charge in [0.2, 0.25) is 0 Å². The standard InChI is InChI=1S/C20H21BrN4O3S/c1-25-14-7-13(21)18(26)12(8-24-20(22)23)16(14)17(19(27)28)15(25)10-29-9-11-5-3-2-4-6-11/h2-7,26H,8-10H2,1H3,(H,27,28)(H4,22,23,24). The molecule has 0 aliphatic rings. The first-order valence-electron chi connectivity index (χ1n) is 8.73. The molecule has 29 heavy (non-hydrogen) atoms. The molecule has 6 N–H and O–H groups in total. The molecule has 0 spiro atoms. The number of phenols is 1. The van der Waals surface area contributed by atoms with E-state index in [1.165, 1.54) is 5.56 Å². The number of aromatic hydroxyl groups is 1. The van der Waals surface area contributed by atoms with Gasteiger partial charge in [-0.25, -0.2) is 9.79 Å². The van der Waals surface area contributed by atoms with Crippen molar-refractivity contribution < 1.29 is 15.0 Å². The molecular weight excluding hydrogens is 456 g/mol. The maximum atomic E-state index is 12.2. The van der Waals surface area contributed by atoms with E-state index in [4.69, 9.17) is 11.5 Å². The quantitative estimate of drug-likeness (QED) is 0.305. The van der Waals surface area contributed by atoms with Crippen molar-refractivity contribution >= 4 is 50.5 Å². The molecule has 7 nitrogen and oxygen atoms in total. The molecule has 3 rings (SSSR count). The normalized spacial score (nSPS) is 11.0. The second kappa shape index (κ2) is 8.79. The Morgan fingerprint density at radius 1 is 1.24 bits per heavy atom. The summed E-state index contributed by atoms with van der Waals surface area (Å²) in [4.78, 5) is 16.1. The highest BCUT2D eigenvalue weighted by molar-refractivity contribution is 9.10. The van der Waals surface area contributed by atoms with E-state index < -0.39 is 5.97 Å². The Bertz CT molecular complexity index is 1090. The van der Waals surface area contributed by atoms with Crippen LogP contribution in [0.1, 0.15) is 27.2 Å². The number of hydrogen-bond donors (Lipinski definition) is 4. The average Bonchev–Trinajstić information content (AvgIpc) is 2.95. The number of carboxylic acids is 1. The zero-order valence-corrected chi connectivity index (χ0v) is 18.1. The lowest BCUT2D eigenvalue weighted by atomic mass is 10.0. The van der Waals surface area contributed by atoms with Crippen LogP contribution in [0.15, 0.2) is 45.9 Å². The summed E-state index contributed by atoms with van der Waals surface area (Å²) in [5.74, 6) is 0.000580. The third-order valence-electron chi connectivity index (χ3n) is 4.62. The van der Waals surface area contributed by atoms with Crippen LogP contribution >= 0.6 is 27.7 Å². The molecule has 2 aromatic carbocycles. The summed E-state index contributed by atoms with van der Waals surface area (Å²) < 4.78 is 2.30. The predicted octanol–water partition coefficient (Wildman–Crippen LogP) is 3.55. The predicted molar refractivity (Wildman–Crippen MR) is 120 cm³/mol. The number of phenolic OH excluding ortho intramolecular Hbond substituents is 1. The van der Waals surface area contributed by atoms with Gasteiger partial charge < -0.3 is 26.2 Å². The number of carboxylic acid groups (broad SMARTS) is 1. The topological polar surface area (TPSA) is 127 Å². The van der Waals surface area contributed by atoms with Gasteiger partial charge in [0.25, 0.3) is 0 Å². The molecule has 0 saturated carbocycles. The maximum absolute atomic E-state index is 12.2. The molecule has 0 aliphatic heterocycles. The fourth-order valence-electron chi connectivity index (χ4n) is 3.24. The number of rotatable bonds is 7. The van der Waals surface area contributed by atoms with E-state index in [-0.39, 0.29) is 23.8 Å². The van der Waals surface area contributed by atoms with Crippen LogP contribution in [0.4, 0.5) is 0 Å². The van der Waals surface area contributed by atoms with Crippen molar-refractivity contribution in [3.63, 3.8) is 0 Å². The molecule has 0 fully saturated rings. The number of halogens is 1. The van der Waals surface area contributed by atoms with Crippen molar-refractivity contribution in [1.29, 1.82) is 0 Å². The summed E-state index contributed by atoms with van der Waals surface area (Å²) in [6.45, 7) is -0.0228. The Kier molecular flexibility index (Phi) is 6.39. The van der Waals surface area contributed by atoms with Crippen LogP contribution in [0.2, 0.25) is 0 Å². The van der Waals surface area contributed by atoms with E-state index in [1.54, 1.807) is 17.8 Å². The Balaban J connectivity index is 2.09. The number of aromatic nitrogens is 1. The third kappa shape index (κ3) is 4.35. The number of nitrogens with two attached hydrogens (primary N) is 2. The first-order chi connectivity index (χ1) is 13.8. The molecule has 1 aromatic heterocycles. The van der Waals surface area contributed by atoms with E-state index in [0.29, 0.717) is 32.4 Å². The van der Waals surface area contributed by atoms with Crippen molar-refractivity contribution in [3.8, 4) is 5.75 Å². The number of benzene rings is 2. The smallest absolute Gasteiger partial charge is 0.338 e. The number of aliphatic imine (C=N–C) groups is 1. The maximum Gasteiger partial charge on any atom is 0.338 e. The second-order valence-electron chi connectivity index (χ2n) is 6.49. The summed E-state index contributed by atoms with van der Waals surface area (Å²) >= 11 is 4.96. The van der Waals surface area contributed by atoms with Gasteiger partial charge in [0.1, 0.15) is 5.75 Å². The molecule has 0 saturated heterocycles. The van der Waals surface area contributed by atoms with Crippen LogP contribution in [-0.4, -0.2) is 26.7 Å². The van der Waals surface area contributed by atoms with Gasteiger partial charge in [0.05, 0.1) is 22.1 Å². The molecule has 0 radical (unpaired) electrons. The van der Waals surface area contributed by atoms with E-state index in [9.17, 15) is 15.0 Å². The summed E-state index contributed by atoms with van der Waals surface area (Å²) in [5.41, 5.74) is 13.9. The first kappa shape index (κ1) is 21.1. The zero-order valence-electron chi connectivity index (χ0n) is 15.7. The Morgan fingerprint density at radius 3 is 2.55 bits per heavy atom.